The summed E-state index contributed by atoms with van der Waals surface area (Å²) in [5.74, 6) is 1.56. The van der Waals surface area contributed by atoms with Crippen LogP contribution in [0, 0.1) is 5.92 Å². The van der Waals surface area contributed by atoms with Crippen LogP contribution in [0.3, 0.4) is 0 Å². The van der Waals surface area contributed by atoms with Gasteiger partial charge in [-0.05, 0) is 25.2 Å². The molecule has 13 heavy (non-hydrogen) atoms. The first-order chi connectivity index (χ1) is 6.31. The fraction of sp³-hybridized carbons (Fsp3) is 0.900. The second kappa shape index (κ2) is 3.66. The standard InChI is InChI=1S/C10H18N2O/c1-2-9(11)12-8-5-6-13-10(8)7-3-4-7/h7-8,10H,2-6H2,1H3,(H2,11,12). The Kier molecular flexibility index (Phi) is 2.54. The molecule has 0 bridgehead atoms. The summed E-state index contributed by atoms with van der Waals surface area (Å²) in [6, 6.07) is 0.354. The van der Waals surface area contributed by atoms with E-state index < -0.39 is 0 Å². The van der Waals surface area contributed by atoms with E-state index in [2.05, 4.69) is 4.99 Å². The van der Waals surface area contributed by atoms with Gasteiger partial charge in [0.15, 0.2) is 0 Å². The minimum Gasteiger partial charge on any atom is -0.387 e. The first-order valence-corrected chi connectivity index (χ1v) is 5.25. The van der Waals surface area contributed by atoms with Crippen molar-refractivity contribution in [3.05, 3.63) is 0 Å². The molecule has 2 N–H and O–H groups in total. The van der Waals surface area contributed by atoms with Crippen molar-refractivity contribution in [3.63, 3.8) is 0 Å². The van der Waals surface area contributed by atoms with Crippen LogP contribution in [-0.4, -0.2) is 24.6 Å². The Morgan fingerprint density at radius 2 is 2.23 bits per heavy atom. The van der Waals surface area contributed by atoms with Gasteiger partial charge in [0.25, 0.3) is 0 Å². The number of ether oxygens (including phenoxy) is 1. The highest BCUT2D eigenvalue weighted by atomic mass is 16.5. The maximum absolute atomic E-state index is 5.73. The maximum Gasteiger partial charge on any atom is 0.0938 e. The Bertz CT molecular complexity index is 211. The number of amidine groups is 1. The van der Waals surface area contributed by atoms with Gasteiger partial charge in [-0.25, -0.2) is 0 Å². The number of aliphatic imine (C=N–C) groups is 1. The van der Waals surface area contributed by atoms with Gasteiger partial charge >= 0.3 is 0 Å². The van der Waals surface area contributed by atoms with E-state index in [1.807, 2.05) is 6.92 Å². The Balaban J connectivity index is 1.96. The largest absolute Gasteiger partial charge is 0.387 e. The van der Waals surface area contributed by atoms with Crippen molar-refractivity contribution in [2.45, 2.75) is 44.8 Å². The van der Waals surface area contributed by atoms with Crippen LogP contribution in [-0.2, 0) is 4.74 Å². The third-order valence-electron chi connectivity index (χ3n) is 2.88. The molecule has 74 valence electrons. The van der Waals surface area contributed by atoms with Crippen LogP contribution in [0.15, 0.2) is 4.99 Å². The lowest BCUT2D eigenvalue weighted by atomic mass is 10.1. The average molecular weight is 182 g/mol. The van der Waals surface area contributed by atoms with Gasteiger partial charge in [-0.15, -0.1) is 0 Å². The van der Waals surface area contributed by atoms with Crippen LogP contribution >= 0.6 is 0 Å². The molecule has 3 heteroatoms. The van der Waals surface area contributed by atoms with E-state index in [9.17, 15) is 0 Å². The quantitative estimate of drug-likeness (QED) is 0.528. The highest BCUT2D eigenvalue weighted by molar-refractivity contribution is 5.80. The van der Waals surface area contributed by atoms with Crippen molar-refractivity contribution in [2.24, 2.45) is 16.6 Å². The smallest absolute Gasteiger partial charge is 0.0938 e. The lowest BCUT2D eigenvalue weighted by molar-refractivity contribution is 0.0875. The fourth-order valence-electron chi connectivity index (χ4n) is 1.92. The van der Waals surface area contributed by atoms with Gasteiger partial charge in [0.2, 0.25) is 0 Å². The molecule has 2 unspecified atom stereocenters. The third-order valence-corrected chi connectivity index (χ3v) is 2.88. The summed E-state index contributed by atoms with van der Waals surface area (Å²) in [6.07, 6.45) is 4.94. The van der Waals surface area contributed by atoms with Crippen molar-refractivity contribution in [1.29, 1.82) is 0 Å². The predicted octanol–water partition coefficient (Wildman–Crippen LogP) is 1.32. The summed E-state index contributed by atoms with van der Waals surface area (Å²) >= 11 is 0. The molecule has 1 aliphatic heterocycles. The molecule has 0 radical (unpaired) electrons. The molecule has 2 aliphatic rings. The Labute approximate surface area is 79.4 Å². The summed E-state index contributed by atoms with van der Waals surface area (Å²) in [6.45, 7) is 2.91. The van der Waals surface area contributed by atoms with Gasteiger partial charge in [0.1, 0.15) is 0 Å². The van der Waals surface area contributed by atoms with E-state index in [0.717, 1.165) is 31.2 Å². The summed E-state index contributed by atoms with van der Waals surface area (Å²) in [4.78, 5) is 4.51. The number of nitrogens with zero attached hydrogens (tertiary/aromatic N) is 1. The lowest BCUT2D eigenvalue weighted by Crippen LogP contribution is -2.25. The van der Waals surface area contributed by atoms with Crippen LogP contribution < -0.4 is 5.73 Å². The van der Waals surface area contributed by atoms with Crippen molar-refractivity contribution < 1.29 is 4.74 Å². The molecule has 2 fully saturated rings. The molecular weight excluding hydrogens is 164 g/mol. The fourth-order valence-corrected chi connectivity index (χ4v) is 1.92. The first kappa shape index (κ1) is 9.00. The zero-order valence-electron chi connectivity index (χ0n) is 8.20. The normalized spacial score (nSPS) is 35.3. The van der Waals surface area contributed by atoms with Crippen molar-refractivity contribution in [1.82, 2.24) is 0 Å². The van der Waals surface area contributed by atoms with Gasteiger partial charge in [0, 0.05) is 13.0 Å². The number of nitrogens with two attached hydrogens (primary N) is 1. The Morgan fingerprint density at radius 1 is 1.46 bits per heavy atom. The summed E-state index contributed by atoms with van der Waals surface area (Å²) in [7, 11) is 0. The third kappa shape index (κ3) is 2.02. The summed E-state index contributed by atoms with van der Waals surface area (Å²) in [5, 5.41) is 0. The molecule has 0 aromatic rings. The van der Waals surface area contributed by atoms with E-state index in [4.69, 9.17) is 10.5 Å². The molecule has 0 amide bonds. The minimum absolute atomic E-state index is 0.354. The number of rotatable bonds is 3. The van der Waals surface area contributed by atoms with Crippen molar-refractivity contribution in [3.8, 4) is 0 Å². The van der Waals surface area contributed by atoms with Crippen molar-refractivity contribution >= 4 is 5.84 Å². The lowest BCUT2D eigenvalue weighted by Gasteiger charge is -2.14. The van der Waals surface area contributed by atoms with E-state index in [-0.39, 0.29) is 0 Å². The van der Waals surface area contributed by atoms with Crippen LogP contribution in [0.25, 0.3) is 0 Å². The van der Waals surface area contributed by atoms with E-state index in [0.29, 0.717) is 12.1 Å². The van der Waals surface area contributed by atoms with Crippen LogP contribution in [0.1, 0.15) is 32.6 Å². The SMILES string of the molecule is CCC(N)=NC1CCOC1C1CC1. The molecule has 1 saturated heterocycles. The van der Waals surface area contributed by atoms with Crippen LogP contribution in [0.5, 0.6) is 0 Å². The zero-order chi connectivity index (χ0) is 9.26. The number of hydrogen-bond donors (Lipinski definition) is 1. The van der Waals surface area contributed by atoms with Crippen LogP contribution in [0.2, 0.25) is 0 Å². The average Bonchev–Trinajstić information content (AvgIpc) is 2.88. The number of hydrogen-bond acceptors (Lipinski definition) is 2. The van der Waals surface area contributed by atoms with E-state index in [1.54, 1.807) is 0 Å². The molecule has 3 nitrogen and oxygen atoms in total. The molecular formula is C10H18N2O. The van der Waals surface area contributed by atoms with Crippen LogP contribution in [0.4, 0.5) is 0 Å². The Hall–Kier alpha value is -0.570. The van der Waals surface area contributed by atoms with Gasteiger partial charge < -0.3 is 10.5 Å². The maximum atomic E-state index is 5.73. The molecule has 2 atom stereocenters. The van der Waals surface area contributed by atoms with E-state index >= 15 is 0 Å². The molecule has 0 aromatic heterocycles. The second-order valence-corrected chi connectivity index (χ2v) is 4.00. The minimum atomic E-state index is 0.354. The molecule has 2 rings (SSSR count). The Morgan fingerprint density at radius 3 is 2.85 bits per heavy atom. The van der Waals surface area contributed by atoms with Gasteiger partial charge in [0.05, 0.1) is 18.0 Å². The highest BCUT2D eigenvalue weighted by Gasteiger charge is 2.40. The molecule has 0 spiro atoms. The highest BCUT2D eigenvalue weighted by Crippen LogP contribution is 2.39. The molecule has 1 heterocycles. The van der Waals surface area contributed by atoms with Crippen molar-refractivity contribution in [2.75, 3.05) is 6.61 Å². The molecule has 1 aliphatic carbocycles. The van der Waals surface area contributed by atoms with Gasteiger partial charge in [-0.3, -0.25) is 4.99 Å². The molecule has 0 aromatic carbocycles. The van der Waals surface area contributed by atoms with E-state index in [1.165, 1.54) is 12.8 Å². The monoisotopic (exact) mass is 182 g/mol. The first-order valence-electron chi connectivity index (χ1n) is 5.25. The predicted molar refractivity (Wildman–Crippen MR) is 52.8 cm³/mol. The molecule has 1 saturated carbocycles. The second-order valence-electron chi connectivity index (χ2n) is 4.00. The summed E-state index contributed by atoms with van der Waals surface area (Å²) < 4.78 is 5.67. The van der Waals surface area contributed by atoms with Gasteiger partial charge in [-0.2, -0.15) is 0 Å². The van der Waals surface area contributed by atoms with Gasteiger partial charge in [-0.1, -0.05) is 6.92 Å². The topological polar surface area (TPSA) is 47.6 Å². The zero-order valence-corrected chi connectivity index (χ0v) is 8.20. The summed E-state index contributed by atoms with van der Waals surface area (Å²) in [5.41, 5.74) is 5.73.